The third-order valence-electron chi connectivity index (χ3n) is 5.22. The minimum absolute atomic E-state index is 0.0000431. The van der Waals surface area contributed by atoms with Crippen molar-refractivity contribution < 1.29 is 14.3 Å². The number of benzene rings is 1. The number of ether oxygens (including phenoxy) is 1. The predicted molar refractivity (Wildman–Crippen MR) is 100 cm³/mol. The van der Waals surface area contributed by atoms with E-state index in [0.29, 0.717) is 17.8 Å². The molecule has 1 saturated heterocycles. The maximum absolute atomic E-state index is 12.8. The van der Waals surface area contributed by atoms with Crippen LogP contribution in [0.15, 0.2) is 35.3 Å². The number of hydrogen-bond donors (Lipinski definition) is 2. The first kappa shape index (κ1) is 16.7. The van der Waals surface area contributed by atoms with Gasteiger partial charge in [-0.25, -0.2) is 4.68 Å². The number of rotatable bonds is 2. The second kappa shape index (κ2) is 6.03. The zero-order valence-electron chi connectivity index (χ0n) is 14.8. The fraction of sp³-hybridized carbons (Fsp3) is 0.263. The Morgan fingerprint density at radius 2 is 2.04 bits per heavy atom. The summed E-state index contributed by atoms with van der Waals surface area (Å²) in [5.74, 6) is -1.30. The molecule has 1 atom stereocenters. The van der Waals surface area contributed by atoms with Gasteiger partial charge in [-0.3, -0.25) is 24.3 Å². The van der Waals surface area contributed by atoms with E-state index in [1.165, 1.54) is 4.57 Å². The van der Waals surface area contributed by atoms with E-state index < -0.39 is 17.4 Å². The standard InChI is InChI=1S/C19H17N5O4/c20-17-15-11(18(26)22-19(15)27)8-13(25)23(17)12-5-3-4-10-9-21-24(16(10)12)14-6-1-2-7-28-14/h3-5,8-9,14H,1-2,6-7,20H2,(H,22,26,27). The number of imide groups is 1. The topological polar surface area (TPSA) is 121 Å². The number of amides is 2. The Kier molecular flexibility index (Phi) is 3.59. The van der Waals surface area contributed by atoms with Gasteiger partial charge in [0.2, 0.25) is 0 Å². The molecule has 2 aromatic heterocycles. The van der Waals surface area contributed by atoms with Crippen LogP contribution in [-0.4, -0.2) is 32.8 Å². The summed E-state index contributed by atoms with van der Waals surface area (Å²) in [6.07, 6.45) is 4.32. The van der Waals surface area contributed by atoms with Crippen LogP contribution in [0.3, 0.4) is 0 Å². The second-order valence-corrected chi connectivity index (χ2v) is 6.90. The second-order valence-electron chi connectivity index (χ2n) is 6.90. The van der Waals surface area contributed by atoms with E-state index in [4.69, 9.17) is 10.5 Å². The van der Waals surface area contributed by atoms with Gasteiger partial charge in [-0.05, 0) is 25.3 Å². The van der Waals surface area contributed by atoms with Crippen LogP contribution in [0.25, 0.3) is 16.6 Å². The third kappa shape index (κ3) is 2.29. The van der Waals surface area contributed by atoms with E-state index in [-0.39, 0.29) is 23.2 Å². The van der Waals surface area contributed by atoms with Gasteiger partial charge in [-0.1, -0.05) is 12.1 Å². The molecule has 2 aliphatic rings. The molecule has 9 heteroatoms. The number of anilines is 1. The van der Waals surface area contributed by atoms with Crippen molar-refractivity contribution in [1.82, 2.24) is 19.7 Å². The largest absolute Gasteiger partial charge is 0.384 e. The molecule has 0 aliphatic carbocycles. The van der Waals surface area contributed by atoms with Crippen LogP contribution >= 0.6 is 0 Å². The van der Waals surface area contributed by atoms with Crippen LogP contribution in [0.2, 0.25) is 0 Å². The number of carbonyl (C=O) groups is 2. The highest BCUT2D eigenvalue weighted by Gasteiger charge is 2.32. The first-order valence-electron chi connectivity index (χ1n) is 9.05. The van der Waals surface area contributed by atoms with Crippen molar-refractivity contribution in [2.45, 2.75) is 25.5 Å². The smallest absolute Gasteiger partial charge is 0.262 e. The van der Waals surface area contributed by atoms with Crippen LogP contribution < -0.4 is 16.6 Å². The van der Waals surface area contributed by atoms with E-state index in [1.54, 1.807) is 23.0 Å². The van der Waals surface area contributed by atoms with Crippen molar-refractivity contribution in [3.63, 3.8) is 0 Å². The molecule has 28 heavy (non-hydrogen) atoms. The van der Waals surface area contributed by atoms with Crippen molar-refractivity contribution in [3.05, 3.63) is 51.9 Å². The Morgan fingerprint density at radius 3 is 2.82 bits per heavy atom. The normalized spacial score (nSPS) is 19.1. The number of nitrogen functional groups attached to an aromatic ring is 1. The number of nitrogens with one attached hydrogen (secondary N) is 1. The predicted octanol–water partition coefficient (Wildman–Crippen LogP) is 1.35. The Hall–Kier alpha value is -3.46. The van der Waals surface area contributed by atoms with Gasteiger partial charge < -0.3 is 10.5 Å². The average molecular weight is 379 g/mol. The van der Waals surface area contributed by atoms with Gasteiger partial charge in [-0.2, -0.15) is 5.10 Å². The zero-order valence-corrected chi connectivity index (χ0v) is 14.8. The molecule has 3 aromatic rings. The minimum Gasteiger partial charge on any atom is -0.384 e. The molecule has 4 heterocycles. The van der Waals surface area contributed by atoms with E-state index in [2.05, 4.69) is 10.4 Å². The summed E-state index contributed by atoms with van der Waals surface area (Å²) in [5, 5.41) is 7.46. The molecule has 9 nitrogen and oxygen atoms in total. The number of carbonyl (C=O) groups excluding carboxylic acids is 2. The van der Waals surface area contributed by atoms with Crippen LogP contribution in [0.5, 0.6) is 0 Å². The molecule has 1 unspecified atom stereocenters. The molecule has 0 bridgehead atoms. The highest BCUT2D eigenvalue weighted by molar-refractivity contribution is 6.23. The summed E-state index contributed by atoms with van der Waals surface area (Å²) in [7, 11) is 0. The van der Waals surface area contributed by atoms with Gasteiger partial charge in [0.15, 0.2) is 6.23 Å². The summed E-state index contributed by atoms with van der Waals surface area (Å²) in [6, 6.07) is 6.55. The molecule has 2 aliphatic heterocycles. The lowest BCUT2D eigenvalue weighted by Crippen LogP contribution is -2.25. The number of pyridine rings is 1. The zero-order chi connectivity index (χ0) is 19.4. The molecule has 1 fully saturated rings. The third-order valence-corrected chi connectivity index (χ3v) is 5.22. The molecule has 2 amide bonds. The Labute approximate surface area is 158 Å². The van der Waals surface area contributed by atoms with E-state index in [9.17, 15) is 14.4 Å². The first-order chi connectivity index (χ1) is 13.6. The molecule has 1 aromatic carbocycles. The van der Waals surface area contributed by atoms with Crippen LogP contribution in [0.4, 0.5) is 5.82 Å². The van der Waals surface area contributed by atoms with Crippen molar-refractivity contribution in [2.75, 3.05) is 12.3 Å². The number of para-hydroxylation sites is 1. The van der Waals surface area contributed by atoms with Crippen molar-refractivity contribution in [2.24, 2.45) is 0 Å². The highest BCUT2D eigenvalue weighted by Crippen LogP contribution is 2.31. The molecular weight excluding hydrogens is 362 g/mol. The van der Waals surface area contributed by atoms with Crippen molar-refractivity contribution >= 4 is 28.5 Å². The van der Waals surface area contributed by atoms with Gasteiger partial charge in [0.05, 0.1) is 28.5 Å². The Balaban J connectivity index is 1.78. The summed E-state index contributed by atoms with van der Waals surface area (Å²) < 4.78 is 8.87. The van der Waals surface area contributed by atoms with Gasteiger partial charge in [0, 0.05) is 18.1 Å². The van der Waals surface area contributed by atoms with Gasteiger partial charge in [0.1, 0.15) is 5.82 Å². The Bertz CT molecular complexity index is 1200. The van der Waals surface area contributed by atoms with E-state index in [0.717, 1.165) is 30.7 Å². The molecule has 0 spiro atoms. The lowest BCUT2D eigenvalue weighted by molar-refractivity contribution is -0.0366. The summed E-state index contributed by atoms with van der Waals surface area (Å²) in [4.78, 5) is 36.9. The van der Waals surface area contributed by atoms with Gasteiger partial charge in [0.25, 0.3) is 17.4 Å². The lowest BCUT2D eigenvalue weighted by Gasteiger charge is -2.24. The van der Waals surface area contributed by atoms with Crippen molar-refractivity contribution in [3.8, 4) is 5.69 Å². The number of fused-ring (bicyclic) bond motifs is 2. The van der Waals surface area contributed by atoms with E-state index >= 15 is 0 Å². The number of aromatic nitrogens is 3. The van der Waals surface area contributed by atoms with Gasteiger partial charge >= 0.3 is 0 Å². The SMILES string of the molecule is Nc1c2c(cc(=O)n1-c1cccc3cnn(C4CCCCO4)c13)C(=O)NC2=O. The molecule has 5 rings (SSSR count). The average Bonchev–Trinajstić information content (AvgIpc) is 3.24. The van der Waals surface area contributed by atoms with Crippen molar-refractivity contribution in [1.29, 1.82) is 0 Å². The number of nitrogens with zero attached hydrogens (tertiary/aromatic N) is 3. The summed E-state index contributed by atoms with van der Waals surface area (Å²) >= 11 is 0. The molecule has 3 N–H and O–H groups in total. The highest BCUT2D eigenvalue weighted by atomic mass is 16.5. The summed E-state index contributed by atoms with van der Waals surface area (Å²) in [6.45, 7) is 0.650. The molecule has 0 radical (unpaired) electrons. The maximum atomic E-state index is 12.8. The molecule has 142 valence electrons. The van der Waals surface area contributed by atoms with E-state index in [1.807, 2.05) is 6.07 Å². The monoisotopic (exact) mass is 379 g/mol. The fourth-order valence-corrected chi connectivity index (χ4v) is 3.93. The van der Waals surface area contributed by atoms with Crippen LogP contribution in [-0.2, 0) is 4.74 Å². The fourth-order valence-electron chi connectivity index (χ4n) is 3.93. The lowest BCUT2D eigenvalue weighted by atomic mass is 10.1. The van der Waals surface area contributed by atoms with Crippen LogP contribution in [0, 0.1) is 0 Å². The minimum atomic E-state index is -0.616. The van der Waals surface area contributed by atoms with Gasteiger partial charge in [-0.15, -0.1) is 0 Å². The number of hydrogen-bond acceptors (Lipinski definition) is 6. The molecule has 0 saturated carbocycles. The molecular formula is C19H17N5O4. The number of nitrogens with two attached hydrogens (primary N) is 1. The quantitative estimate of drug-likeness (QED) is 0.649. The first-order valence-corrected chi connectivity index (χ1v) is 9.05. The Morgan fingerprint density at radius 1 is 1.18 bits per heavy atom. The maximum Gasteiger partial charge on any atom is 0.262 e. The van der Waals surface area contributed by atoms with Crippen LogP contribution in [0.1, 0.15) is 46.2 Å². The summed E-state index contributed by atoms with van der Waals surface area (Å²) in [5.41, 5.74) is 6.89.